The van der Waals surface area contributed by atoms with E-state index in [1.54, 1.807) is 0 Å². The predicted octanol–water partition coefficient (Wildman–Crippen LogP) is -0.0524. The monoisotopic (exact) mass is 440 g/mol. The first kappa shape index (κ1) is 23.6. The number of halogens is 2. The summed E-state index contributed by atoms with van der Waals surface area (Å²) in [6.45, 7) is 0. The minimum absolute atomic E-state index is 0.226. The quantitative estimate of drug-likeness (QED) is 0.302. The highest BCUT2D eigenvalue weighted by molar-refractivity contribution is 7.51. The molecule has 1 saturated heterocycles. The molecule has 1 aliphatic rings. The lowest BCUT2D eigenvalue weighted by Gasteiger charge is -2.43. The van der Waals surface area contributed by atoms with Crippen LogP contribution in [0.15, 0.2) is 24.3 Å². The minimum atomic E-state index is -4.49. The fraction of sp³-hybridized carbons (Fsp3) is 0.562. The van der Waals surface area contributed by atoms with Gasteiger partial charge in [0.2, 0.25) is 0 Å². The van der Waals surface area contributed by atoms with Crippen LogP contribution in [-0.2, 0) is 15.2 Å². The van der Waals surface area contributed by atoms with Gasteiger partial charge in [-0.05, 0) is 18.6 Å². The van der Waals surface area contributed by atoms with Crippen LogP contribution in [0, 0.1) is 0 Å². The van der Waals surface area contributed by atoms with E-state index in [1.165, 1.54) is 19.2 Å². The van der Waals surface area contributed by atoms with Crippen molar-refractivity contribution in [3.63, 3.8) is 0 Å². The molecule has 5 atom stereocenters. The van der Waals surface area contributed by atoms with E-state index in [0.717, 1.165) is 12.1 Å². The Morgan fingerprint density at radius 2 is 1.72 bits per heavy atom. The molecule has 0 bridgehead atoms. The molecule has 1 aromatic rings. The van der Waals surface area contributed by atoms with Gasteiger partial charge in [0.05, 0.1) is 12.3 Å². The van der Waals surface area contributed by atoms with Gasteiger partial charge in [0.25, 0.3) is 0 Å². The number of hydrogen-bond donors (Lipinski definition) is 7. The molecule has 2 rings (SSSR count). The maximum absolute atomic E-state index is 15.0. The number of alkyl halides is 2. The highest BCUT2D eigenvalue weighted by atomic mass is 31.2. The van der Waals surface area contributed by atoms with Crippen LogP contribution in [0.2, 0.25) is 0 Å². The molecule has 0 aliphatic carbocycles. The van der Waals surface area contributed by atoms with Crippen molar-refractivity contribution in [2.75, 3.05) is 18.5 Å². The fourth-order valence-corrected chi connectivity index (χ4v) is 3.51. The Bertz CT molecular complexity index is 760. The summed E-state index contributed by atoms with van der Waals surface area (Å²) in [5.74, 6) is -3.83. The van der Waals surface area contributed by atoms with Gasteiger partial charge in [0, 0.05) is 18.3 Å². The van der Waals surface area contributed by atoms with E-state index in [-0.39, 0.29) is 5.69 Å². The Balaban J connectivity index is 2.22. The molecule has 13 heteroatoms. The highest BCUT2D eigenvalue weighted by Gasteiger charge is 2.55. The van der Waals surface area contributed by atoms with Crippen LogP contribution in [0.5, 0.6) is 0 Å². The Kier molecular flexibility index (Phi) is 7.33. The van der Waals surface area contributed by atoms with E-state index < -0.39 is 68.2 Å². The number of ether oxygens (including phenoxy) is 1. The summed E-state index contributed by atoms with van der Waals surface area (Å²) in [4.78, 5) is 29.1. The summed E-state index contributed by atoms with van der Waals surface area (Å²) >= 11 is 0. The van der Waals surface area contributed by atoms with Gasteiger partial charge >= 0.3 is 19.5 Å². The van der Waals surface area contributed by atoms with Gasteiger partial charge < -0.3 is 40.5 Å². The van der Waals surface area contributed by atoms with Gasteiger partial charge in [-0.1, -0.05) is 12.1 Å². The number of aliphatic hydroxyl groups excluding tert-OH is 3. The molecular weight excluding hydrogens is 417 g/mol. The number of nitrogens with one attached hydrogen (secondary N) is 2. The summed E-state index contributed by atoms with van der Waals surface area (Å²) in [5.41, 5.74) is -0.370. The summed E-state index contributed by atoms with van der Waals surface area (Å²) < 4.78 is 46.0. The maximum Gasteiger partial charge on any atom is 0.325 e. The van der Waals surface area contributed by atoms with Crippen LogP contribution in [-0.4, -0.2) is 74.9 Å². The lowest BCUT2D eigenvalue weighted by molar-refractivity contribution is -0.279. The number of aliphatic hydroxyl groups is 3. The normalized spacial score (nSPS) is 28.1. The van der Waals surface area contributed by atoms with Gasteiger partial charge in [-0.25, -0.2) is 4.79 Å². The van der Waals surface area contributed by atoms with E-state index in [2.05, 4.69) is 10.6 Å². The van der Waals surface area contributed by atoms with Crippen LogP contribution in [0.4, 0.5) is 19.3 Å². The Morgan fingerprint density at radius 1 is 1.14 bits per heavy atom. The van der Waals surface area contributed by atoms with Crippen molar-refractivity contribution < 1.29 is 48.0 Å². The van der Waals surface area contributed by atoms with Crippen molar-refractivity contribution in [2.24, 2.45) is 0 Å². The number of anilines is 1. The topological polar surface area (TPSA) is 169 Å². The zero-order chi connectivity index (χ0) is 22.0. The van der Waals surface area contributed by atoms with E-state index in [4.69, 9.17) is 14.5 Å². The summed E-state index contributed by atoms with van der Waals surface area (Å²) in [6.07, 6.45) is -11.0. The van der Waals surface area contributed by atoms with E-state index in [0.29, 0.717) is 0 Å². The summed E-state index contributed by atoms with van der Waals surface area (Å²) in [5, 5.41) is 34.6. The van der Waals surface area contributed by atoms with Crippen molar-refractivity contribution in [3.05, 3.63) is 29.8 Å². The Labute approximate surface area is 164 Å². The van der Waals surface area contributed by atoms with Gasteiger partial charge in [-0.2, -0.15) is 8.78 Å². The third-order valence-corrected chi connectivity index (χ3v) is 5.37. The van der Waals surface area contributed by atoms with E-state index in [9.17, 15) is 33.5 Å². The second kappa shape index (κ2) is 9.00. The highest BCUT2D eigenvalue weighted by Crippen LogP contribution is 2.42. The molecule has 1 aliphatic heterocycles. The lowest BCUT2D eigenvalue weighted by atomic mass is 9.88. The molecule has 0 radical (unpaired) electrons. The minimum Gasteiger partial charge on any atom is -0.388 e. The molecule has 164 valence electrons. The second-order valence-corrected chi connectivity index (χ2v) is 8.42. The number of urea groups is 1. The number of rotatable bonds is 6. The predicted molar refractivity (Wildman–Crippen MR) is 96.6 cm³/mol. The second-order valence-electron chi connectivity index (χ2n) is 6.65. The maximum atomic E-state index is 15.0. The standard InChI is InChI=1S/C16H23F2N2O8P/c1-19-15(24)20-9-4-2-8(3-5-9)16(17,18)14-13(23)12(22)11(21)10(28-14)6-7-29(25,26)27/h2-5,10-14,21-23H,6-7H2,1H3,(H2,19,20,24)(H2,25,26,27)/t10-,11-,12+,13+,14-/m1/s1. The Morgan fingerprint density at radius 3 is 2.24 bits per heavy atom. The summed E-state index contributed by atoms with van der Waals surface area (Å²) in [6, 6.07) is 3.82. The van der Waals surface area contributed by atoms with Gasteiger partial charge in [-0.15, -0.1) is 0 Å². The SMILES string of the molecule is CNC(=O)Nc1ccc(C(F)(F)[C@@H]2O[C@H](CCP(=O)(O)O)[C@@H](O)[C@H](O)[C@@H]2O)cc1. The largest absolute Gasteiger partial charge is 0.388 e. The van der Waals surface area contributed by atoms with Crippen LogP contribution >= 0.6 is 7.60 Å². The first-order valence-corrected chi connectivity index (χ1v) is 10.4. The third-order valence-electron chi connectivity index (χ3n) is 4.53. The first-order chi connectivity index (χ1) is 13.4. The zero-order valence-electron chi connectivity index (χ0n) is 15.3. The number of carbonyl (C=O) groups is 1. The molecule has 0 aromatic heterocycles. The number of amides is 2. The van der Waals surface area contributed by atoms with Crippen LogP contribution in [0.25, 0.3) is 0 Å². The van der Waals surface area contributed by atoms with Crippen molar-refractivity contribution in [1.82, 2.24) is 5.32 Å². The van der Waals surface area contributed by atoms with E-state index >= 15 is 0 Å². The van der Waals surface area contributed by atoms with Crippen LogP contribution in [0.3, 0.4) is 0 Å². The molecular formula is C16H23F2N2O8P. The molecule has 0 saturated carbocycles. The van der Waals surface area contributed by atoms with Gasteiger partial charge in [-0.3, -0.25) is 4.57 Å². The number of hydrogen-bond acceptors (Lipinski definition) is 6. The van der Waals surface area contributed by atoms with Gasteiger partial charge in [0.1, 0.15) is 18.3 Å². The lowest BCUT2D eigenvalue weighted by Crippen LogP contribution is -2.61. The van der Waals surface area contributed by atoms with Crippen molar-refractivity contribution in [3.8, 4) is 0 Å². The van der Waals surface area contributed by atoms with Gasteiger partial charge in [0.15, 0.2) is 6.10 Å². The van der Waals surface area contributed by atoms with Crippen molar-refractivity contribution >= 4 is 19.3 Å². The molecule has 1 heterocycles. The molecule has 0 unspecified atom stereocenters. The molecule has 7 N–H and O–H groups in total. The molecule has 1 aromatic carbocycles. The average Bonchev–Trinajstić information content (AvgIpc) is 2.65. The number of carbonyl (C=O) groups excluding carboxylic acids is 1. The molecule has 1 fully saturated rings. The fourth-order valence-electron chi connectivity index (χ4n) is 2.92. The van der Waals surface area contributed by atoms with Crippen molar-refractivity contribution in [1.29, 1.82) is 0 Å². The average molecular weight is 440 g/mol. The smallest absolute Gasteiger partial charge is 0.325 e. The molecule has 10 nitrogen and oxygen atoms in total. The molecule has 2 amide bonds. The molecule has 29 heavy (non-hydrogen) atoms. The van der Waals surface area contributed by atoms with Crippen molar-refractivity contribution in [2.45, 2.75) is 42.9 Å². The van der Waals surface area contributed by atoms with Crippen LogP contribution in [0.1, 0.15) is 12.0 Å². The first-order valence-electron chi connectivity index (χ1n) is 8.58. The Hall–Kier alpha value is -1.66. The summed E-state index contributed by atoms with van der Waals surface area (Å²) in [7, 11) is -3.12. The third kappa shape index (κ3) is 5.70. The van der Waals surface area contributed by atoms with E-state index in [1.807, 2.05) is 0 Å². The number of benzene rings is 1. The zero-order valence-corrected chi connectivity index (χ0v) is 16.2. The molecule has 0 spiro atoms. The van der Waals surface area contributed by atoms with Crippen LogP contribution < -0.4 is 10.6 Å².